The molecule has 0 aromatic rings. The van der Waals surface area contributed by atoms with Crippen molar-refractivity contribution in [1.29, 1.82) is 0 Å². The van der Waals surface area contributed by atoms with E-state index in [1.54, 1.807) is 0 Å². The molecular weight excluding hydrogens is 158 g/mol. The van der Waals surface area contributed by atoms with Gasteiger partial charge < -0.3 is 0 Å². The quantitative estimate of drug-likeness (QED) is 0.635. The van der Waals surface area contributed by atoms with Crippen molar-refractivity contribution in [2.24, 2.45) is 0 Å². The fourth-order valence-corrected chi connectivity index (χ4v) is 1.92. The van der Waals surface area contributed by atoms with Gasteiger partial charge in [0, 0.05) is 13.0 Å². The largest absolute Gasteiger partial charge is 0.298 e. The molecular formula is C8H15NOS. The summed E-state index contributed by atoms with van der Waals surface area (Å²) in [5, 5.41) is 0. The zero-order chi connectivity index (χ0) is 8.27. The van der Waals surface area contributed by atoms with Crippen LogP contribution >= 0.6 is 11.8 Å². The van der Waals surface area contributed by atoms with E-state index in [2.05, 4.69) is 11.2 Å². The Kier molecular flexibility index (Phi) is 3.40. The fraction of sp³-hybridized carbons (Fsp3) is 0.875. The molecule has 0 bridgehead atoms. The number of rotatable bonds is 3. The van der Waals surface area contributed by atoms with Crippen molar-refractivity contribution in [1.82, 2.24) is 4.90 Å². The Morgan fingerprint density at radius 1 is 1.73 bits per heavy atom. The molecule has 1 fully saturated rings. The maximum absolute atomic E-state index is 11.2. The van der Waals surface area contributed by atoms with Crippen molar-refractivity contribution in [3.8, 4) is 0 Å². The summed E-state index contributed by atoms with van der Waals surface area (Å²) in [5.74, 6) is 1.53. The molecule has 1 saturated heterocycles. The van der Waals surface area contributed by atoms with Crippen LogP contribution in [-0.4, -0.2) is 42.3 Å². The summed E-state index contributed by atoms with van der Waals surface area (Å²) in [7, 11) is 2.04. The van der Waals surface area contributed by atoms with Crippen molar-refractivity contribution < 1.29 is 4.79 Å². The van der Waals surface area contributed by atoms with Gasteiger partial charge in [-0.25, -0.2) is 0 Å². The molecule has 0 unspecified atom stereocenters. The third-order valence-electron chi connectivity index (χ3n) is 2.21. The van der Waals surface area contributed by atoms with Gasteiger partial charge in [0.1, 0.15) is 0 Å². The molecule has 1 heterocycles. The lowest BCUT2D eigenvalue weighted by atomic mass is 10.1. The second-order valence-corrected chi connectivity index (χ2v) is 3.98. The molecule has 64 valence electrons. The van der Waals surface area contributed by atoms with Crippen LogP contribution < -0.4 is 0 Å². The van der Waals surface area contributed by atoms with Gasteiger partial charge >= 0.3 is 0 Å². The Bertz CT molecular complexity index is 149. The first-order valence-electron chi connectivity index (χ1n) is 3.97. The van der Waals surface area contributed by atoms with Crippen LogP contribution in [-0.2, 0) is 4.79 Å². The first-order chi connectivity index (χ1) is 5.25. The lowest BCUT2D eigenvalue weighted by Crippen LogP contribution is -2.29. The van der Waals surface area contributed by atoms with Gasteiger partial charge in [0.15, 0.2) is 5.78 Å². The third kappa shape index (κ3) is 2.20. The van der Waals surface area contributed by atoms with Crippen molar-refractivity contribution in [3.63, 3.8) is 0 Å². The summed E-state index contributed by atoms with van der Waals surface area (Å²) in [6, 6.07) is 0.224. The van der Waals surface area contributed by atoms with Crippen molar-refractivity contribution in [2.45, 2.75) is 18.9 Å². The van der Waals surface area contributed by atoms with E-state index in [4.69, 9.17) is 0 Å². The van der Waals surface area contributed by atoms with Gasteiger partial charge in [-0.05, 0) is 25.5 Å². The van der Waals surface area contributed by atoms with E-state index in [0.29, 0.717) is 5.78 Å². The van der Waals surface area contributed by atoms with Crippen molar-refractivity contribution >= 4 is 17.5 Å². The minimum Gasteiger partial charge on any atom is -0.298 e. The van der Waals surface area contributed by atoms with E-state index >= 15 is 0 Å². The van der Waals surface area contributed by atoms with E-state index in [1.165, 1.54) is 0 Å². The Labute approximate surface area is 72.3 Å². The molecule has 3 heteroatoms. The molecule has 1 rings (SSSR count). The van der Waals surface area contributed by atoms with E-state index < -0.39 is 0 Å². The van der Waals surface area contributed by atoms with Crippen LogP contribution in [0.2, 0.25) is 0 Å². The number of likely N-dealkylation sites (N-methyl/N-ethyl adjacent to an activating group) is 1. The predicted octanol–water partition coefficient (Wildman–Crippen LogP) is 1.01. The second kappa shape index (κ2) is 4.12. The number of carbonyl (C=O) groups is 1. The summed E-state index contributed by atoms with van der Waals surface area (Å²) < 4.78 is 0. The van der Waals surface area contributed by atoms with Crippen LogP contribution in [0.15, 0.2) is 0 Å². The number of carbonyl (C=O) groups excluding carboxylic acids is 1. The third-order valence-corrected chi connectivity index (χ3v) is 2.85. The molecule has 2 nitrogen and oxygen atoms in total. The maximum Gasteiger partial charge on any atom is 0.151 e. The van der Waals surface area contributed by atoms with Gasteiger partial charge in [0.2, 0.25) is 0 Å². The van der Waals surface area contributed by atoms with Gasteiger partial charge in [0.25, 0.3) is 0 Å². The highest BCUT2D eigenvalue weighted by atomic mass is 32.2. The molecule has 0 aromatic heterocycles. The summed E-state index contributed by atoms with van der Waals surface area (Å²) in [6.45, 7) is 0.956. The Morgan fingerprint density at radius 3 is 2.91 bits per heavy atom. The standard InChI is InChI=1S/C8H15NOS/c1-9-5-3-8(10)7(9)4-6-11-2/h7H,3-6H2,1-2H3/t7-/m1/s1. The average Bonchev–Trinajstić information content (AvgIpc) is 2.29. The molecule has 0 amide bonds. The summed E-state index contributed by atoms with van der Waals surface area (Å²) in [6.07, 6.45) is 3.87. The maximum atomic E-state index is 11.2. The SMILES string of the molecule is CSCC[C@@H]1C(=O)CCN1C. The molecule has 0 saturated carbocycles. The molecule has 0 N–H and O–H groups in total. The fourth-order valence-electron chi connectivity index (χ4n) is 1.47. The van der Waals surface area contributed by atoms with Gasteiger partial charge in [0.05, 0.1) is 6.04 Å². The molecule has 0 aliphatic carbocycles. The number of Topliss-reactive ketones (excluding diaryl/α,β-unsaturated/α-hetero) is 1. The highest BCUT2D eigenvalue weighted by molar-refractivity contribution is 7.98. The average molecular weight is 173 g/mol. The number of hydrogen-bond acceptors (Lipinski definition) is 3. The first kappa shape index (κ1) is 9.07. The minimum absolute atomic E-state index is 0.224. The van der Waals surface area contributed by atoms with Gasteiger partial charge in [-0.15, -0.1) is 0 Å². The van der Waals surface area contributed by atoms with E-state index in [0.717, 1.165) is 25.1 Å². The predicted molar refractivity (Wildman–Crippen MR) is 49.0 cm³/mol. The Balaban J connectivity index is 2.35. The summed E-state index contributed by atoms with van der Waals surface area (Å²) >= 11 is 1.81. The first-order valence-corrected chi connectivity index (χ1v) is 5.37. The molecule has 1 atom stereocenters. The highest BCUT2D eigenvalue weighted by Crippen LogP contribution is 2.15. The minimum atomic E-state index is 0.224. The smallest absolute Gasteiger partial charge is 0.151 e. The van der Waals surface area contributed by atoms with E-state index in [1.807, 2.05) is 18.8 Å². The normalized spacial score (nSPS) is 26.4. The number of thioether (sulfide) groups is 1. The zero-order valence-electron chi connectivity index (χ0n) is 7.17. The zero-order valence-corrected chi connectivity index (χ0v) is 7.99. The number of hydrogen-bond donors (Lipinski definition) is 0. The molecule has 0 radical (unpaired) electrons. The molecule has 11 heavy (non-hydrogen) atoms. The summed E-state index contributed by atoms with van der Waals surface area (Å²) in [4.78, 5) is 13.4. The van der Waals surface area contributed by atoms with Crippen LogP contribution in [0.4, 0.5) is 0 Å². The van der Waals surface area contributed by atoms with Gasteiger partial charge in [-0.1, -0.05) is 0 Å². The van der Waals surface area contributed by atoms with E-state index in [9.17, 15) is 4.79 Å². The summed E-state index contributed by atoms with van der Waals surface area (Å²) in [5.41, 5.74) is 0. The Morgan fingerprint density at radius 2 is 2.45 bits per heavy atom. The number of ketones is 1. The molecule has 0 spiro atoms. The number of likely N-dealkylation sites (tertiary alicyclic amines) is 1. The van der Waals surface area contributed by atoms with Crippen LogP contribution in [0.5, 0.6) is 0 Å². The lowest BCUT2D eigenvalue weighted by molar-refractivity contribution is -0.119. The monoisotopic (exact) mass is 173 g/mol. The van der Waals surface area contributed by atoms with Gasteiger partial charge in [-0.2, -0.15) is 11.8 Å². The van der Waals surface area contributed by atoms with Crippen molar-refractivity contribution in [2.75, 3.05) is 25.6 Å². The van der Waals surface area contributed by atoms with Crippen molar-refractivity contribution in [3.05, 3.63) is 0 Å². The van der Waals surface area contributed by atoms with E-state index in [-0.39, 0.29) is 6.04 Å². The highest BCUT2D eigenvalue weighted by Gasteiger charge is 2.28. The molecule has 0 aromatic carbocycles. The van der Waals surface area contributed by atoms with Crippen LogP contribution in [0, 0.1) is 0 Å². The second-order valence-electron chi connectivity index (χ2n) is 2.99. The van der Waals surface area contributed by atoms with Crippen LogP contribution in [0.25, 0.3) is 0 Å². The van der Waals surface area contributed by atoms with Crippen LogP contribution in [0.3, 0.4) is 0 Å². The Hall–Kier alpha value is -0.0200. The topological polar surface area (TPSA) is 20.3 Å². The van der Waals surface area contributed by atoms with Gasteiger partial charge in [-0.3, -0.25) is 9.69 Å². The van der Waals surface area contributed by atoms with Crippen LogP contribution in [0.1, 0.15) is 12.8 Å². The lowest BCUT2D eigenvalue weighted by Gasteiger charge is -2.16. The molecule has 1 aliphatic rings. The molecule has 1 aliphatic heterocycles. The number of nitrogens with zero attached hydrogens (tertiary/aromatic N) is 1.